The number of halogens is 1. The van der Waals surface area contributed by atoms with Crippen molar-refractivity contribution in [1.29, 1.82) is 0 Å². The summed E-state index contributed by atoms with van der Waals surface area (Å²) >= 11 is 3.51. The number of nitrogens with two attached hydrogens (primary N) is 1. The third-order valence-electron chi connectivity index (χ3n) is 3.74. The molecule has 0 unspecified atom stereocenters. The van der Waals surface area contributed by atoms with Crippen LogP contribution < -0.4 is 16.2 Å². The van der Waals surface area contributed by atoms with Gasteiger partial charge in [-0.2, -0.15) is 4.98 Å². The van der Waals surface area contributed by atoms with Gasteiger partial charge in [0.15, 0.2) is 0 Å². The zero-order valence-electron chi connectivity index (χ0n) is 11.4. The van der Waals surface area contributed by atoms with Crippen molar-refractivity contribution >= 4 is 27.7 Å². The van der Waals surface area contributed by atoms with Gasteiger partial charge < -0.3 is 9.80 Å². The molecule has 2 heterocycles. The fourth-order valence-electron chi connectivity index (χ4n) is 2.47. The number of aromatic nitrogens is 2. The normalized spacial score (nSPS) is 17.5. The van der Waals surface area contributed by atoms with E-state index in [0.717, 1.165) is 42.8 Å². The van der Waals surface area contributed by atoms with Crippen LogP contribution in [-0.2, 0) is 0 Å². The molecule has 106 valence electrons. The maximum Gasteiger partial charge on any atom is 0.239 e. The Morgan fingerprint density at radius 3 is 2.79 bits per heavy atom. The number of hydrogen-bond acceptors (Lipinski definition) is 6. The zero-order valence-corrected chi connectivity index (χ0v) is 13.0. The van der Waals surface area contributed by atoms with Crippen LogP contribution in [0.4, 0.5) is 11.8 Å². The molecule has 1 saturated heterocycles. The largest absolute Gasteiger partial charge is 0.355 e. The van der Waals surface area contributed by atoms with Crippen LogP contribution in [0.25, 0.3) is 0 Å². The van der Waals surface area contributed by atoms with Gasteiger partial charge in [0, 0.05) is 32.4 Å². The van der Waals surface area contributed by atoms with E-state index in [9.17, 15) is 0 Å². The Labute approximate surface area is 122 Å². The number of hydrazine groups is 1. The van der Waals surface area contributed by atoms with E-state index >= 15 is 0 Å². The van der Waals surface area contributed by atoms with Crippen molar-refractivity contribution in [2.24, 2.45) is 5.84 Å². The summed E-state index contributed by atoms with van der Waals surface area (Å²) in [5.74, 6) is 6.70. The molecule has 3 N–H and O–H groups in total. The lowest BCUT2D eigenvalue weighted by atomic mass is 10.0. The molecule has 0 bridgehead atoms. The number of rotatable bonds is 4. The van der Waals surface area contributed by atoms with Crippen molar-refractivity contribution in [2.45, 2.75) is 25.8 Å². The molecule has 19 heavy (non-hydrogen) atoms. The standard InChI is InChI=1S/C12H21BrN6/c1-3-19-6-4-9(5-7-19)18(2)11-10(13)8-15-12(16-11)17-14/h8-9H,3-7,14H2,1-2H3,(H,15,16,17). The quantitative estimate of drug-likeness (QED) is 0.644. The summed E-state index contributed by atoms with van der Waals surface area (Å²) in [6, 6.07) is 0.514. The maximum absolute atomic E-state index is 5.37. The molecule has 0 saturated carbocycles. The predicted molar refractivity (Wildman–Crippen MR) is 81.1 cm³/mol. The molecule has 2 rings (SSSR count). The minimum Gasteiger partial charge on any atom is -0.355 e. The molecule has 6 nitrogen and oxygen atoms in total. The van der Waals surface area contributed by atoms with E-state index in [2.05, 4.69) is 55.1 Å². The first-order chi connectivity index (χ1) is 9.15. The second-order valence-electron chi connectivity index (χ2n) is 4.79. The average molecular weight is 329 g/mol. The monoisotopic (exact) mass is 328 g/mol. The van der Waals surface area contributed by atoms with Gasteiger partial charge >= 0.3 is 0 Å². The fourth-order valence-corrected chi connectivity index (χ4v) is 2.94. The van der Waals surface area contributed by atoms with Gasteiger partial charge in [-0.25, -0.2) is 10.8 Å². The van der Waals surface area contributed by atoms with E-state index in [1.54, 1.807) is 6.20 Å². The molecule has 7 heteroatoms. The van der Waals surface area contributed by atoms with Gasteiger partial charge in [-0.1, -0.05) is 6.92 Å². The highest BCUT2D eigenvalue weighted by Gasteiger charge is 2.24. The van der Waals surface area contributed by atoms with Crippen LogP contribution in [0.1, 0.15) is 19.8 Å². The second-order valence-corrected chi connectivity index (χ2v) is 5.64. The fraction of sp³-hybridized carbons (Fsp3) is 0.667. The number of likely N-dealkylation sites (tertiary alicyclic amines) is 1. The maximum atomic E-state index is 5.37. The number of hydrogen-bond donors (Lipinski definition) is 2. The topological polar surface area (TPSA) is 70.3 Å². The van der Waals surface area contributed by atoms with E-state index in [4.69, 9.17) is 5.84 Å². The molecular formula is C12H21BrN6. The van der Waals surface area contributed by atoms with Crippen LogP contribution in [0.2, 0.25) is 0 Å². The van der Waals surface area contributed by atoms with Gasteiger partial charge in [-0.05, 0) is 35.3 Å². The highest BCUT2D eigenvalue weighted by atomic mass is 79.9. The van der Waals surface area contributed by atoms with Crippen LogP contribution in [0.3, 0.4) is 0 Å². The Morgan fingerprint density at radius 2 is 2.21 bits per heavy atom. The Hall–Kier alpha value is -0.920. The Bertz CT molecular complexity index is 419. The first kappa shape index (κ1) is 14.5. The van der Waals surface area contributed by atoms with Gasteiger partial charge in [0.05, 0.1) is 4.47 Å². The third kappa shape index (κ3) is 3.34. The molecule has 1 aliphatic rings. The van der Waals surface area contributed by atoms with Crippen LogP contribution in [0.5, 0.6) is 0 Å². The number of anilines is 2. The zero-order chi connectivity index (χ0) is 13.8. The van der Waals surface area contributed by atoms with Crippen molar-refractivity contribution in [3.8, 4) is 0 Å². The van der Waals surface area contributed by atoms with Crippen molar-refractivity contribution < 1.29 is 0 Å². The lowest BCUT2D eigenvalue weighted by molar-refractivity contribution is 0.220. The molecule has 0 amide bonds. The van der Waals surface area contributed by atoms with Gasteiger partial charge in [0.1, 0.15) is 5.82 Å². The minimum absolute atomic E-state index is 0.441. The molecule has 1 fully saturated rings. The van der Waals surface area contributed by atoms with Crippen LogP contribution in [-0.4, -0.2) is 47.6 Å². The summed E-state index contributed by atoms with van der Waals surface area (Å²) in [6.45, 7) is 5.64. The van der Waals surface area contributed by atoms with Gasteiger partial charge in [-0.3, -0.25) is 5.43 Å². The molecule has 0 aromatic carbocycles. The van der Waals surface area contributed by atoms with E-state index in [1.165, 1.54) is 0 Å². The molecule has 0 spiro atoms. The predicted octanol–water partition coefficient (Wildman–Crippen LogP) is 1.45. The van der Waals surface area contributed by atoms with E-state index in [0.29, 0.717) is 12.0 Å². The highest BCUT2D eigenvalue weighted by molar-refractivity contribution is 9.10. The lowest BCUT2D eigenvalue weighted by Crippen LogP contribution is -2.43. The first-order valence-corrected chi connectivity index (χ1v) is 7.39. The SMILES string of the molecule is CCN1CCC(N(C)c2nc(NN)ncc2Br)CC1. The average Bonchev–Trinajstić information content (AvgIpc) is 2.47. The van der Waals surface area contributed by atoms with Crippen molar-refractivity contribution in [2.75, 3.05) is 37.0 Å². The summed E-state index contributed by atoms with van der Waals surface area (Å²) < 4.78 is 0.895. The highest BCUT2D eigenvalue weighted by Crippen LogP contribution is 2.27. The van der Waals surface area contributed by atoms with Crippen LogP contribution in [0, 0.1) is 0 Å². The lowest BCUT2D eigenvalue weighted by Gasteiger charge is -2.37. The van der Waals surface area contributed by atoms with Gasteiger partial charge in [0.2, 0.25) is 5.95 Å². The molecule has 1 aliphatic heterocycles. The summed E-state index contributed by atoms with van der Waals surface area (Å²) in [7, 11) is 2.08. The Morgan fingerprint density at radius 1 is 1.53 bits per heavy atom. The summed E-state index contributed by atoms with van der Waals surface area (Å²) in [6.07, 6.45) is 4.05. The van der Waals surface area contributed by atoms with Gasteiger partial charge in [-0.15, -0.1) is 0 Å². The number of piperidine rings is 1. The van der Waals surface area contributed by atoms with Crippen molar-refractivity contribution in [3.63, 3.8) is 0 Å². The number of nitrogen functional groups attached to an aromatic ring is 1. The van der Waals surface area contributed by atoms with E-state index in [1.807, 2.05) is 0 Å². The molecule has 1 aromatic heterocycles. The summed E-state index contributed by atoms with van der Waals surface area (Å²) in [5, 5.41) is 0. The van der Waals surface area contributed by atoms with Gasteiger partial charge in [0.25, 0.3) is 0 Å². The molecule has 0 radical (unpaired) electrons. The smallest absolute Gasteiger partial charge is 0.239 e. The van der Waals surface area contributed by atoms with Crippen LogP contribution >= 0.6 is 15.9 Å². The molecule has 0 atom stereocenters. The number of nitrogens with zero attached hydrogens (tertiary/aromatic N) is 4. The summed E-state index contributed by atoms with van der Waals surface area (Å²) in [5.41, 5.74) is 2.49. The van der Waals surface area contributed by atoms with E-state index in [-0.39, 0.29) is 0 Å². The van der Waals surface area contributed by atoms with Crippen LogP contribution in [0.15, 0.2) is 10.7 Å². The minimum atomic E-state index is 0.441. The summed E-state index contributed by atoms with van der Waals surface area (Å²) in [4.78, 5) is 13.2. The molecule has 0 aliphatic carbocycles. The van der Waals surface area contributed by atoms with Crippen molar-refractivity contribution in [1.82, 2.24) is 14.9 Å². The second kappa shape index (κ2) is 6.49. The van der Waals surface area contributed by atoms with E-state index < -0.39 is 0 Å². The number of nitrogens with one attached hydrogen (secondary N) is 1. The third-order valence-corrected chi connectivity index (χ3v) is 4.30. The first-order valence-electron chi connectivity index (χ1n) is 6.60. The molecule has 1 aromatic rings. The van der Waals surface area contributed by atoms with Crippen molar-refractivity contribution in [3.05, 3.63) is 10.7 Å². The Kier molecular flexibility index (Phi) is 4.95. The Balaban J connectivity index is 2.09. The molecular weight excluding hydrogens is 308 g/mol.